The number of benzene rings is 1. The van der Waals surface area contributed by atoms with Crippen molar-refractivity contribution in [3.05, 3.63) is 41.2 Å². The molecule has 1 aromatic carbocycles. The summed E-state index contributed by atoms with van der Waals surface area (Å²) < 4.78 is 1.88. The fourth-order valence-electron chi connectivity index (χ4n) is 2.43. The van der Waals surface area contributed by atoms with Gasteiger partial charge >= 0.3 is 0 Å². The Morgan fingerprint density at radius 3 is 2.27 bits per heavy atom. The van der Waals surface area contributed by atoms with Crippen LogP contribution in [0.3, 0.4) is 0 Å². The van der Waals surface area contributed by atoms with Crippen LogP contribution in [0.5, 0.6) is 0 Å². The van der Waals surface area contributed by atoms with Gasteiger partial charge in [0.25, 0.3) is 0 Å². The lowest BCUT2D eigenvalue weighted by molar-refractivity contribution is -0.117. The zero-order valence-electron chi connectivity index (χ0n) is 14.3. The molecule has 1 aromatic heterocycles. The molecule has 1 N–H and O–H groups in total. The second kappa shape index (κ2) is 5.95. The molecule has 1 amide bonds. The number of hydrogen-bond donors (Lipinski definition) is 1. The van der Waals surface area contributed by atoms with E-state index in [1.165, 1.54) is 5.56 Å². The average Bonchev–Trinajstić information content (AvgIpc) is 2.66. The van der Waals surface area contributed by atoms with Gasteiger partial charge in [-0.05, 0) is 38.3 Å². The second-order valence-corrected chi connectivity index (χ2v) is 7.08. The highest BCUT2D eigenvalue weighted by Gasteiger charge is 2.19. The van der Waals surface area contributed by atoms with E-state index in [0.29, 0.717) is 6.42 Å². The Bertz CT molecular complexity index is 676. The van der Waals surface area contributed by atoms with E-state index in [9.17, 15) is 4.79 Å². The minimum absolute atomic E-state index is 0.0289. The Morgan fingerprint density at radius 2 is 1.73 bits per heavy atom. The van der Waals surface area contributed by atoms with E-state index in [0.717, 1.165) is 22.8 Å². The molecular weight excluding hydrogens is 274 g/mol. The van der Waals surface area contributed by atoms with Crippen molar-refractivity contribution in [1.29, 1.82) is 0 Å². The van der Waals surface area contributed by atoms with Gasteiger partial charge in [0.05, 0.1) is 22.8 Å². The van der Waals surface area contributed by atoms with Crippen LogP contribution in [0.2, 0.25) is 0 Å². The number of aromatic nitrogens is 2. The standard InChI is InChI=1S/C18H25N3O/c1-12-7-9-15(10-8-12)21-14(3)17(13(2)20-21)19-16(22)11-18(4,5)6/h7-10H,11H2,1-6H3,(H,19,22). The number of carbonyl (C=O) groups excluding carboxylic acids is 1. The van der Waals surface area contributed by atoms with Gasteiger partial charge in [-0.25, -0.2) is 4.68 Å². The van der Waals surface area contributed by atoms with Gasteiger partial charge in [0.1, 0.15) is 0 Å². The van der Waals surface area contributed by atoms with Crippen molar-refractivity contribution >= 4 is 11.6 Å². The molecule has 0 saturated heterocycles. The van der Waals surface area contributed by atoms with Crippen LogP contribution in [0.25, 0.3) is 5.69 Å². The van der Waals surface area contributed by atoms with Gasteiger partial charge in [0.15, 0.2) is 0 Å². The topological polar surface area (TPSA) is 46.9 Å². The number of aryl methyl sites for hydroxylation is 2. The van der Waals surface area contributed by atoms with Gasteiger partial charge in [-0.15, -0.1) is 0 Å². The molecule has 0 bridgehead atoms. The Hall–Kier alpha value is -2.10. The molecule has 118 valence electrons. The van der Waals surface area contributed by atoms with E-state index in [1.807, 2.05) is 30.7 Å². The predicted molar refractivity (Wildman–Crippen MR) is 90.5 cm³/mol. The third-order valence-electron chi connectivity index (χ3n) is 3.53. The lowest BCUT2D eigenvalue weighted by Crippen LogP contribution is -2.20. The number of nitrogens with zero attached hydrogens (tertiary/aromatic N) is 2. The molecule has 1 heterocycles. The highest BCUT2D eigenvalue weighted by atomic mass is 16.1. The van der Waals surface area contributed by atoms with Gasteiger partial charge in [-0.2, -0.15) is 5.10 Å². The Morgan fingerprint density at radius 1 is 1.14 bits per heavy atom. The molecule has 0 saturated carbocycles. The normalized spacial score (nSPS) is 11.5. The van der Waals surface area contributed by atoms with Crippen molar-refractivity contribution in [3.63, 3.8) is 0 Å². The zero-order valence-corrected chi connectivity index (χ0v) is 14.3. The van der Waals surface area contributed by atoms with Crippen molar-refractivity contribution < 1.29 is 4.79 Å². The quantitative estimate of drug-likeness (QED) is 0.924. The van der Waals surface area contributed by atoms with Crippen molar-refractivity contribution in [2.24, 2.45) is 5.41 Å². The van der Waals surface area contributed by atoms with Crippen LogP contribution in [0.4, 0.5) is 5.69 Å². The summed E-state index contributed by atoms with van der Waals surface area (Å²) in [6, 6.07) is 8.19. The van der Waals surface area contributed by atoms with Crippen LogP contribution in [-0.2, 0) is 4.79 Å². The van der Waals surface area contributed by atoms with Crippen LogP contribution >= 0.6 is 0 Å². The molecule has 0 fully saturated rings. The third-order valence-corrected chi connectivity index (χ3v) is 3.53. The highest BCUT2D eigenvalue weighted by molar-refractivity contribution is 5.92. The van der Waals surface area contributed by atoms with Gasteiger partial charge in [-0.1, -0.05) is 38.5 Å². The van der Waals surface area contributed by atoms with Crippen LogP contribution in [-0.4, -0.2) is 15.7 Å². The SMILES string of the molecule is Cc1ccc(-n2nc(C)c(NC(=O)CC(C)(C)C)c2C)cc1. The summed E-state index contributed by atoms with van der Waals surface area (Å²) in [6.07, 6.45) is 0.488. The Balaban J connectivity index is 2.28. The number of amides is 1. The first-order valence-electron chi connectivity index (χ1n) is 7.60. The summed E-state index contributed by atoms with van der Waals surface area (Å²) in [5, 5.41) is 7.58. The van der Waals surface area contributed by atoms with Crippen molar-refractivity contribution in [3.8, 4) is 5.69 Å². The van der Waals surface area contributed by atoms with Crippen LogP contribution in [0.15, 0.2) is 24.3 Å². The number of hydrogen-bond acceptors (Lipinski definition) is 2. The summed E-state index contributed by atoms with van der Waals surface area (Å²) >= 11 is 0. The first-order chi connectivity index (χ1) is 10.2. The van der Waals surface area contributed by atoms with Crippen molar-refractivity contribution in [2.75, 3.05) is 5.32 Å². The maximum Gasteiger partial charge on any atom is 0.224 e. The minimum atomic E-state index is -0.0289. The largest absolute Gasteiger partial charge is 0.323 e. The van der Waals surface area contributed by atoms with E-state index in [4.69, 9.17) is 0 Å². The molecule has 0 aliphatic rings. The molecule has 0 aliphatic heterocycles. The molecule has 4 heteroatoms. The molecule has 0 aliphatic carbocycles. The van der Waals surface area contributed by atoms with Gasteiger partial charge < -0.3 is 5.32 Å². The fraction of sp³-hybridized carbons (Fsp3) is 0.444. The number of rotatable bonds is 3. The average molecular weight is 299 g/mol. The number of carbonyl (C=O) groups is 1. The lowest BCUT2D eigenvalue weighted by atomic mass is 9.92. The molecule has 22 heavy (non-hydrogen) atoms. The van der Waals surface area contributed by atoms with Crippen molar-refractivity contribution in [2.45, 2.75) is 48.0 Å². The highest BCUT2D eigenvalue weighted by Crippen LogP contribution is 2.25. The fourth-order valence-corrected chi connectivity index (χ4v) is 2.43. The number of nitrogens with one attached hydrogen (secondary N) is 1. The Labute approximate surface area is 132 Å². The molecule has 4 nitrogen and oxygen atoms in total. The Kier molecular flexibility index (Phi) is 4.40. The monoisotopic (exact) mass is 299 g/mol. The lowest BCUT2D eigenvalue weighted by Gasteiger charge is -2.17. The minimum Gasteiger partial charge on any atom is -0.323 e. The van der Waals surface area contributed by atoms with E-state index < -0.39 is 0 Å². The van der Waals surface area contributed by atoms with E-state index >= 15 is 0 Å². The van der Waals surface area contributed by atoms with Gasteiger partial charge in [0.2, 0.25) is 5.91 Å². The summed E-state index contributed by atoms with van der Waals surface area (Å²) in [5.74, 6) is 0.0298. The maximum atomic E-state index is 12.2. The first-order valence-corrected chi connectivity index (χ1v) is 7.60. The summed E-state index contributed by atoms with van der Waals surface area (Å²) in [4.78, 5) is 12.2. The molecule has 0 spiro atoms. The van der Waals surface area contributed by atoms with Gasteiger partial charge in [0, 0.05) is 6.42 Å². The summed E-state index contributed by atoms with van der Waals surface area (Å²) in [7, 11) is 0. The zero-order chi connectivity index (χ0) is 16.5. The molecule has 0 unspecified atom stereocenters. The smallest absolute Gasteiger partial charge is 0.224 e. The van der Waals surface area contributed by atoms with E-state index in [2.05, 4.69) is 50.2 Å². The molecule has 2 rings (SSSR count). The van der Waals surface area contributed by atoms with Crippen molar-refractivity contribution in [1.82, 2.24) is 9.78 Å². The molecular formula is C18H25N3O. The first kappa shape index (κ1) is 16.3. The van der Waals surface area contributed by atoms with E-state index in [1.54, 1.807) is 0 Å². The summed E-state index contributed by atoms with van der Waals surface area (Å²) in [6.45, 7) is 12.1. The molecule has 0 radical (unpaired) electrons. The maximum absolute atomic E-state index is 12.2. The number of anilines is 1. The second-order valence-electron chi connectivity index (χ2n) is 7.08. The van der Waals surface area contributed by atoms with Gasteiger partial charge in [-0.3, -0.25) is 4.79 Å². The molecule has 2 aromatic rings. The van der Waals surface area contributed by atoms with Crippen LogP contribution < -0.4 is 5.32 Å². The van der Waals surface area contributed by atoms with E-state index in [-0.39, 0.29) is 11.3 Å². The van der Waals surface area contributed by atoms with Crippen LogP contribution in [0.1, 0.15) is 44.1 Å². The van der Waals surface area contributed by atoms with Crippen LogP contribution in [0, 0.1) is 26.2 Å². The molecule has 0 atom stereocenters. The third kappa shape index (κ3) is 3.75. The predicted octanol–water partition coefficient (Wildman–Crippen LogP) is 4.17. The summed E-state index contributed by atoms with van der Waals surface area (Å²) in [5.41, 5.74) is 4.78.